The Morgan fingerprint density at radius 2 is 2.05 bits per heavy atom. The maximum Gasteiger partial charge on any atom is 0.0727 e. The molecule has 4 nitrogen and oxygen atoms in total. The number of nitrogen functional groups attached to an aromatic ring is 1. The summed E-state index contributed by atoms with van der Waals surface area (Å²) in [6.07, 6.45) is 2.95. The largest absolute Gasteiger partial charge is 0.399 e. The first-order valence-corrected chi connectivity index (χ1v) is 6.72. The van der Waals surface area contributed by atoms with E-state index in [9.17, 15) is 0 Å². The minimum atomic E-state index is 0.272. The summed E-state index contributed by atoms with van der Waals surface area (Å²) in [5, 5.41) is 13.2. The third-order valence-corrected chi connectivity index (χ3v) is 3.11. The van der Waals surface area contributed by atoms with E-state index in [0.29, 0.717) is 0 Å². The Morgan fingerprint density at radius 1 is 1.21 bits per heavy atom. The van der Waals surface area contributed by atoms with Gasteiger partial charge in [0.15, 0.2) is 0 Å². The fraction of sp³-hybridized carbons (Fsp3) is 0.400. The average Bonchev–Trinajstić information content (AvgIpc) is 2.39. The molecule has 1 aromatic carbocycles. The Morgan fingerprint density at radius 3 is 2.84 bits per heavy atom. The minimum absolute atomic E-state index is 0.272. The minimum Gasteiger partial charge on any atom is -0.399 e. The van der Waals surface area contributed by atoms with Gasteiger partial charge in [-0.25, -0.2) is 0 Å². The van der Waals surface area contributed by atoms with Crippen LogP contribution in [0.3, 0.4) is 0 Å². The molecule has 0 atom stereocenters. The summed E-state index contributed by atoms with van der Waals surface area (Å²) >= 11 is 0. The second-order valence-electron chi connectivity index (χ2n) is 4.80. The van der Waals surface area contributed by atoms with E-state index in [1.54, 1.807) is 0 Å². The molecule has 0 unspecified atom stereocenters. The standard InChI is InChI=1S/C15H21N3O/c1-11-9-15(17-7-3-2-4-8-19)13-10-12(16)5-6-14(13)18-11/h5-6,9-10,19H,2-4,7-8,16H2,1H3,(H,17,18). The third kappa shape index (κ3) is 3.58. The van der Waals surface area contributed by atoms with Crippen LogP contribution in [0.1, 0.15) is 25.0 Å². The normalized spacial score (nSPS) is 10.8. The molecule has 0 aliphatic rings. The zero-order valence-electron chi connectivity index (χ0n) is 11.3. The van der Waals surface area contributed by atoms with Gasteiger partial charge in [0.05, 0.1) is 5.52 Å². The van der Waals surface area contributed by atoms with Crippen molar-refractivity contribution in [1.29, 1.82) is 0 Å². The van der Waals surface area contributed by atoms with Gasteiger partial charge in [-0.3, -0.25) is 4.98 Å². The van der Waals surface area contributed by atoms with E-state index in [4.69, 9.17) is 10.8 Å². The third-order valence-electron chi connectivity index (χ3n) is 3.11. The Hall–Kier alpha value is -1.81. The molecule has 0 amide bonds. The van der Waals surface area contributed by atoms with Gasteiger partial charge in [0.2, 0.25) is 0 Å². The Balaban J connectivity index is 2.14. The zero-order chi connectivity index (χ0) is 13.7. The molecule has 0 spiro atoms. The molecule has 0 radical (unpaired) electrons. The van der Waals surface area contributed by atoms with Crippen molar-refractivity contribution < 1.29 is 5.11 Å². The zero-order valence-corrected chi connectivity index (χ0v) is 11.3. The highest BCUT2D eigenvalue weighted by molar-refractivity contribution is 5.93. The van der Waals surface area contributed by atoms with Crippen LogP contribution in [0.5, 0.6) is 0 Å². The molecule has 0 aliphatic carbocycles. The van der Waals surface area contributed by atoms with Crippen LogP contribution < -0.4 is 11.1 Å². The molecule has 0 bridgehead atoms. The molecule has 4 heteroatoms. The molecule has 2 rings (SSSR count). The van der Waals surface area contributed by atoms with Crippen LogP contribution in [0, 0.1) is 6.92 Å². The molecule has 0 saturated carbocycles. The van der Waals surface area contributed by atoms with Crippen LogP contribution >= 0.6 is 0 Å². The number of aliphatic hydroxyl groups excluding tert-OH is 1. The highest BCUT2D eigenvalue weighted by Gasteiger charge is 2.04. The van der Waals surface area contributed by atoms with Crippen LogP contribution in [0.4, 0.5) is 11.4 Å². The summed E-state index contributed by atoms with van der Waals surface area (Å²) in [6.45, 7) is 3.16. The maximum atomic E-state index is 8.75. The van der Waals surface area contributed by atoms with E-state index in [2.05, 4.69) is 10.3 Å². The van der Waals surface area contributed by atoms with E-state index in [0.717, 1.165) is 53.8 Å². The van der Waals surface area contributed by atoms with E-state index < -0.39 is 0 Å². The summed E-state index contributed by atoms with van der Waals surface area (Å²) in [5.74, 6) is 0. The SMILES string of the molecule is Cc1cc(NCCCCCO)c2cc(N)ccc2n1. The summed E-state index contributed by atoms with van der Waals surface area (Å²) in [4.78, 5) is 4.51. The number of aliphatic hydroxyl groups is 1. The van der Waals surface area contributed by atoms with E-state index >= 15 is 0 Å². The fourth-order valence-electron chi connectivity index (χ4n) is 2.16. The lowest BCUT2D eigenvalue weighted by Crippen LogP contribution is -2.03. The van der Waals surface area contributed by atoms with Crippen molar-refractivity contribution in [3.05, 3.63) is 30.0 Å². The van der Waals surface area contributed by atoms with Crippen molar-refractivity contribution in [2.24, 2.45) is 0 Å². The van der Waals surface area contributed by atoms with Crippen molar-refractivity contribution in [3.8, 4) is 0 Å². The van der Waals surface area contributed by atoms with Gasteiger partial charge in [-0.1, -0.05) is 0 Å². The summed E-state index contributed by atoms with van der Waals surface area (Å²) in [6, 6.07) is 7.83. The van der Waals surface area contributed by atoms with Crippen LogP contribution in [-0.2, 0) is 0 Å². The lowest BCUT2D eigenvalue weighted by atomic mass is 10.1. The summed E-state index contributed by atoms with van der Waals surface area (Å²) in [5.41, 5.74) is 9.64. The van der Waals surface area contributed by atoms with Crippen molar-refractivity contribution in [2.75, 3.05) is 24.2 Å². The van der Waals surface area contributed by atoms with Crippen molar-refractivity contribution >= 4 is 22.3 Å². The number of hydrogen-bond donors (Lipinski definition) is 3. The number of hydrogen-bond acceptors (Lipinski definition) is 4. The lowest BCUT2D eigenvalue weighted by Gasteiger charge is -2.11. The fourth-order valence-corrected chi connectivity index (χ4v) is 2.16. The number of aromatic nitrogens is 1. The Kier molecular flexibility index (Phi) is 4.58. The summed E-state index contributed by atoms with van der Waals surface area (Å²) < 4.78 is 0. The number of rotatable bonds is 6. The molecule has 0 fully saturated rings. The number of anilines is 2. The molecule has 1 aromatic heterocycles. The molecule has 2 aromatic rings. The van der Waals surface area contributed by atoms with Gasteiger partial charge >= 0.3 is 0 Å². The number of aryl methyl sites for hydroxylation is 1. The number of nitrogens with two attached hydrogens (primary N) is 1. The second kappa shape index (κ2) is 6.38. The molecular formula is C15H21N3O. The molecule has 0 saturated heterocycles. The van der Waals surface area contributed by atoms with Crippen molar-refractivity contribution in [1.82, 2.24) is 4.98 Å². The molecule has 102 valence electrons. The number of unbranched alkanes of at least 4 members (excludes halogenated alkanes) is 2. The Labute approximate surface area is 113 Å². The number of fused-ring (bicyclic) bond motifs is 1. The smallest absolute Gasteiger partial charge is 0.0727 e. The first kappa shape index (κ1) is 13.6. The van der Waals surface area contributed by atoms with Crippen LogP contribution in [0.25, 0.3) is 10.9 Å². The highest BCUT2D eigenvalue weighted by atomic mass is 16.2. The predicted molar refractivity (Wildman–Crippen MR) is 80.3 cm³/mol. The molecule has 0 aliphatic heterocycles. The van der Waals surface area contributed by atoms with Gasteiger partial charge in [0.1, 0.15) is 0 Å². The van der Waals surface area contributed by atoms with Gasteiger partial charge in [0, 0.05) is 35.6 Å². The van der Waals surface area contributed by atoms with Crippen LogP contribution in [-0.4, -0.2) is 23.2 Å². The van der Waals surface area contributed by atoms with Crippen LogP contribution in [0.15, 0.2) is 24.3 Å². The van der Waals surface area contributed by atoms with Gasteiger partial charge in [-0.05, 0) is 50.5 Å². The highest BCUT2D eigenvalue weighted by Crippen LogP contribution is 2.25. The number of pyridine rings is 1. The van der Waals surface area contributed by atoms with E-state index in [1.807, 2.05) is 31.2 Å². The predicted octanol–water partition coefficient (Wildman–Crippen LogP) is 2.70. The average molecular weight is 259 g/mol. The molecule has 4 N–H and O–H groups in total. The summed E-state index contributed by atoms with van der Waals surface area (Å²) in [7, 11) is 0. The van der Waals surface area contributed by atoms with Crippen molar-refractivity contribution in [3.63, 3.8) is 0 Å². The van der Waals surface area contributed by atoms with Gasteiger partial charge in [0.25, 0.3) is 0 Å². The maximum absolute atomic E-state index is 8.75. The van der Waals surface area contributed by atoms with Gasteiger partial charge in [-0.15, -0.1) is 0 Å². The van der Waals surface area contributed by atoms with Gasteiger partial charge in [-0.2, -0.15) is 0 Å². The Bertz CT molecular complexity index is 554. The first-order chi connectivity index (χ1) is 9.20. The topological polar surface area (TPSA) is 71.2 Å². The first-order valence-electron chi connectivity index (χ1n) is 6.72. The number of benzene rings is 1. The number of nitrogens with zero attached hydrogens (tertiary/aromatic N) is 1. The van der Waals surface area contributed by atoms with Crippen molar-refractivity contribution in [2.45, 2.75) is 26.2 Å². The quantitative estimate of drug-likeness (QED) is 0.551. The second-order valence-corrected chi connectivity index (χ2v) is 4.80. The van der Waals surface area contributed by atoms with Crippen LogP contribution in [0.2, 0.25) is 0 Å². The molecular weight excluding hydrogens is 238 g/mol. The van der Waals surface area contributed by atoms with E-state index in [-0.39, 0.29) is 6.61 Å². The molecule has 19 heavy (non-hydrogen) atoms. The number of nitrogens with one attached hydrogen (secondary N) is 1. The van der Waals surface area contributed by atoms with E-state index in [1.165, 1.54) is 0 Å². The lowest BCUT2D eigenvalue weighted by molar-refractivity contribution is 0.283. The van der Waals surface area contributed by atoms with Gasteiger partial charge < -0.3 is 16.2 Å². The monoisotopic (exact) mass is 259 g/mol. The molecule has 1 heterocycles.